The highest BCUT2D eigenvalue weighted by Crippen LogP contribution is 2.48. The van der Waals surface area contributed by atoms with Crippen LogP contribution in [0, 0.1) is 12.8 Å². The quantitative estimate of drug-likeness (QED) is 0.589. The molecule has 2 aromatic rings. The molecule has 0 atom stereocenters. The van der Waals surface area contributed by atoms with Gasteiger partial charge in [0.1, 0.15) is 5.82 Å². The Morgan fingerprint density at radius 1 is 1.26 bits per heavy atom. The lowest BCUT2D eigenvalue weighted by Gasteiger charge is -2.42. The zero-order valence-electron chi connectivity index (χ0n) is 19.4. The van der Waals surface area contributed by atoms with Crippen molar-refractivity contribution in [2.45, 2.75) is 78.2 Å². The van der Waals surface area contributed by atoms with E-state index in [0.717, 1.165) is 58.9 Å². The zero-order chi connectivity index (χ0) is 22.3. The van der Waals surface area contributed by atoms with Crippen LogP contribution in [-0.2, 0) is 10.2 Å². The summed E-state index contributed by atoms with van der Waals surface area (Å²) in [6.45, 7) is 10.3. The first kappa shape index (κ1) is 21.5. The van der Waals surface area contributed by atoms with Crippen LogP contribution in [0.15, 0.2) is 29.3 Å². The summed E-state index contributed by atoms with van der Waals surface area (Å²) in [6, 6.07) is 8.58. The lowest BCUT2D eigenvalue weighted by molar-refractivity contribution is -0.123. The summed E-state index contributed by atoms with van der Waals surface area (Å²) in [5.41, 5.74) is 11.3. The molecule has 2 heterocycles. The number of carbonyl (C=O) groups excluding carboxylic acids is 1. The summed E-state index contributed by atoms with van der Waals surface area (Å²) in [6.07, 6.45) is 7.42. The Bertz CT molecular complexity index is 1030. The predicted octanol–water partition coefficient (Wildman–Crippen LogP) is 5.95. The number of anilines is 2. The van der Waals surface area contributed by atoms with Crippen molar-refractivity contribution in [3.63, 3.8) is 0 Å². The molecule has 1 amide bonds. The van der Waals surface area contributed by atoms with Gasteiger partial charge in [-0.15, -0.1) is 0 Å². The molecule has 5 heteroatoms. The van der Waals surface area contributed by atoms with E-state index in [0.29, 0.717) is 11.9 Å². The number of hydrogen-bond acceptors (Lipinski definition) is 4. The van der Waals surface area contributed by atoms with Gasteiger partial charge in [0.15, 0.2) is 0 Å². The van der Waals surface area contributed by atoms with Gasteiger partial charge in [0, 0.05) is 29.1 Å². The van der Waals surface area contributed by atoms with Crippen molar-refractivity contribution in [3.8, 4) is 11.3 Å². The second-order valence-electron chi connectivity index (χ2n) is 9.57. The van der Waals surface area contributed by atoms with Gasteiger partial charge in [-0.25, -0.2) is 4.98 Å². The van der Waals surface area contributed by atoms with Crippen molar-refractivity contribution in [1.82, 2.24) is 4.98 Å². The van der Waals surface area contributed by atoms with Gasteiger partial charge in [-0.2, -0.15) is 0 Å². The van der Waals surface area contributed by atoms with Crippen molar-refractivity contribution in [2.75, 3.05) is 10.6 Å². The monoisotopic (exact) mass is 418 g/mol. The molecule has 0 unspecified atom stereocenters. The van der Waals surface area contributed by atoms with Gasteiger partial charge in [-0.05, 0) is 63.6 Å². The molecule has 1 aromatic heterocycles. The first-order valence-electron chi connectivity index (χ1n) is 11.6. The van der Waals surface area contributed by atoms with Gasteiger partial charge >= 0.3 is 0 Å². The van der Waals surface area contributed by atoms with E-state index < -0.39 is 5.41 Å². The second-order valence-corrected chi connectivity index (χ2v) is 9.57. The third kappa shape index (κ3) is 3.64. The molecule has 0 radical (unpaired) electrons. The fourth-order valence-corrected chi connectivity index (χ4v) is 4.95. The summed E-state index contributed by atoms with van der Waals surface area (Å²) in [5.74, 6) is 1.45. The Morgan fingerprint density at radius 2 is 2.00 bits per heavy atom. The molecule has 0 spiro atoms. The minimum absolute atomic E-state index is 0.212. The first-order chi connectivity index (χ1) is 14.8. The molecule has 1 aromatic carbocycles. The number of rotatable bonds is 6. The number of pyridine rings is 1. The number of carbonyl (C=O) groups is 1. The standard InChI is InChI=1S/C26H34N4O/c1-6-8-17-12-19(13-17)30-23-14-18(9-10-20(23)26(4,5)25(30)31)22-15-21(28-11-7-2)16(3)24(27)29-22/h9-11,14-15,17,19H,6-8,12-13H2,1-5H3,(H2,27,29). The molecule has 31 heavy (non-hydrogen) atoms. The molecule has 1 aliphatic heterocycles. The molecule has 1 saturated carbocycles. The van der Waals surface area contributed by atoms with E-state index in [4.69, 9.17) is 5.73 Å². The molecule has 4 rings (SSSR count). The fourth-order valence-electron chi connectivity index (χ4n) is 4.95. The number of nitrogen functional groups attached to an aromatic ring is 1. The van der Waals surface area contributed by atoms with Gasteiger partial charge in [0.2, 0.25) is 5.91 Å². The van der Waals surface area contributed by atoms with Gasteiger partial charge in [-0.1, -0.05) is 38.8 Å². The second kappa shape index (κ2) is 8.10. The summed E-state index contributed by atoms with van der Waals surface area (Å²) in [7, 11) is 0. The SMILES string of the molecule is CCC=Nc1cc(-c2ccc3c(c2)N(C2CC(CCC)C2)C(=O)C3(C)C)nc(N)c1C. The van der Waals surface area contributed by atoms with Crippen LogP contribution in [0.5, 0.6) is 0 Å². The summed E-state index contributed by atoms with van der Waals surface area (Å²) < 4.78 is 0. The predicted molar refractivity (Wildman–Crippen MR) is 129 cm³/mol. The average Bonchev–Trinajstić information content (AvgIpc) is 2.91. The minimum Gasteiger partial charge on any atom is -0.383 e. The third-order valence-corrected chi connectivity index (χ3v) is 6.95. The largest absolute Gasteiger partial charge is 0.383 e. The van der Waals surface area contributed by atoms with Crippen LogP contribution in [-0.4, -0.2) is 23.1 Å². The molecule has 0 saturated heterocycles. The Labute approximate surface area is 185 Å². The van der Waals surface area contributed by atoms with E-state index in [2.05, 4.69) is 46.9 Å². The topological polar surface area (TPSA) is 71.6 Å². The van der Waals surface area contributed by atoms with Crippen LogP contribution in [0.25, 0.3) is 11.3 Å². The molecule has 1 fully saturated rings. The molecular formula is C26H34N4O. The van der Waals surface area contributed by atoms with E-state index in [1.54, 1.807) is 0 Å². The number of nitrogens with two attached hydrogens (primary N) is 1. The summed E-state index contributed by atoms with van der Waals surface area (Å²) >= 11 is 0. The maximum absolute atomic E-state index is 13.4. The third-order valence-electron chi connectivity index (χ3n) is 6.95. The number of fused-ring (bicyclic) bond motifs is 1. The van der Waals surface area contributed by atoms with E-state index in [1.807, 2.05) is 33.1 Å². The zero-order valence-corrected chi connectivity index (χ0v) is 19.4. The van der Waals surface area contributed by atoms with Gasteiger partial charge in [0.25, 0.3) is 0 Å². The summed E-state index contributed by atoms with van der Waals surface area (Å²) in [5, 5.41) is 0. The minimum atomic E-state index is -0.500. The van der Waals surface area contributed by atoms with Crippen molar-refractivity contribution in [2.24, 2.45) is 10.9 Å². The molecule has 2 aliphatic rings. The van der Waals surface area contributed by atoms with Gasteiger partial charge in [-0.3, -0.25) is 9.79 Å². The molecule has 2 N–H and O–H groups in total. The molecule has 5 nitrogen and oxygen atoms in total. The van der Waals surface area contributed by atoms with Gasteiger partial charge < -0.3 is 10.6 Å². The first-order valence-corrected chi connectivity index (χ1v) is 11.6. The number of nitrogens with zero attached hydrogens (tertiary/aromatic N) is 3. The Kier molecular flexibility index (Phi) is 5.63. The van der Waals surface area contributed by atoms with Crippen molar-refractivity contribution >= 4 is 29.3 Å². The Balaban J connectivity index is 1.74. The number of aromatic nitrogens is 1. The van der Waals surface area contributed by atoms with E-state index in [9.17, 15) is 4.79 Å². The highest BCUT2D eigenvalue weighted by atomic mass is 16.2. The number of amides is 1. The van der Waals surface area contributed by atoms with Crippen molar-refractivity contribution < 1.29 is 4.79 Å². The van der Waals surface area contributed by atoms with Crippen LogP contribution in [0.2, 0.25) is 0 Å². The molecule has 164 valence electrons. The van der Waals surface area contributed by atoms with Crippen molar-refractivity contribution in [3.05, 3.63) is 35.4 Å². The number of benzene rings is 1. The fraction of sp³-hybridized carbons (Fsp3) is 0.500. The van der Waals surface area contributed by atoms with Crippen LogP contribution in [0.3, 0.4) is 0 Å². The normalized spacial score (nSPS) is 22.1. The van der Waals surface area contributed by atoms with E-state index >= 15 is 0 Å². The average molecular weight is 419 g/mol. The van der Waals surface area contributed by atoms with Crippen LogP contribution in [0.1, 0.15) is 70.9 Å². The Hall–Kier alpha value is -2.69. The lowest BCUT2D eigenvalue weighted by Crippen LogP contribution is -2.49. The van der Waals surface area contributed by atoms with Crippen molar-refractivity contribution in [1.29, 1.82) is 0 Å². The maximum atomic E-state index is 13.4. The van der Waals surface area contributed by atoms with E-state index in [1.165, 1.54) is 12.8 Å². The molecule has 1 aliphatic carbocycles. The van der Waals surface area contributed by atoms with Crippen LogP contribution >= 0.6 is 0 Å². The van der Waals surface area contributed by atoms with E-state index in [-0.39, 0.29) is 5.91 Å². The smallest absolute Gasteiger partial charge is 0.237 e. The molecule has 0 bridgehead atoms. The Morgan fingerprint density at radius 3 is 2.68 bits per heavy atom. The van der Waals surface area contributed by atoms with Crippen LogP contribution in [0.4, 0.5) is 17.2 Å². The summed E-state index contributed by atoms with van der Waals surface area (Å²) in [4.78, 5) is 24.6. The molecular weight excluding hydrogens is 384 g/mol. The maximum Gasteiger partial charge on any atom is 0.237 e. The highest BCUT2D eigenvalue weighted by Gasteiger charge is 2.49. The number of aliphatic imine (C=N–C) groups is 1. The number of hydrogen-bond donors (Lipinski definition) is 1. The lowest BCUT2D eigenvalue weighted by atomic mass is 9.76. The van der Waals surface area contributed by atoms with Gasteiger partial charge in [0.05, 0.1) is 16.8 Å². The van der Waals surface area contributed by atoms with Crippen LogP contribution < -0.4 is 10.6 Å². The highest BCUT2D eigenvalue weighted by molar-refractivity contribution is 6.08.